The van der Waals surface area contributed by atoms with E-state index in [1.807, 2.05) is 0 Å². The fraction of sp³-hybridized carbons (Fsp3) is 0.467. The van der Waals surface area contributed by atoms with Gasteiger partial charge in [-0.15, -0.1) is 5.12 Å². The van der Waals surface area contributed by atoms with Gasteiger partial charge in [-0.3, -0.25) is 9.59 Å². The summed E-state index contributed by atoms with van der Waals surface area (Å²) >= 11 is 0. The molecule has 2 amide bonds. The SMILES string of the molecule is O=C1c2c(F)c(F)c(F)c(C34CCC(CC3)C4)c2C(=O)N1F. The number of hydrogen-bond donors (Lipinski definition) is 0. The molecule has 0 N–H and O–H groups in total. The molecule has 3 nitrogen and oxygen atoms in total. The maximum Gasteiger partial charge on any atom is 0.293 e. The molecule has 22 heavy (non-hydrogen) atoms. The molecule has 0 atom stereocenters. The molecule has 1 heterocycles. The molecular weight excluding hydrogens is 302 g/mol. The van der Waals surface area contributed by atoms with Gasteiger partial charge < -0.3 is 0 Å². The summed E-state index contributed by atoms with van der Waals surface area (Å²) in [5.74, 6) is -7.69. The van der Waals surface area contributed by atoms with Crippen LogP contribution in [0.1, 0.15) is 58.4 Å². The fourth-order valence-corrected chi connectivity index (χ4v) is 4.40. The molecule has 0 saturated heterocycles. The zero-order valence-corrected chi connectivity index (χ0v) is 11.4. The van der Waals surface area contributed by atoms with Gasteiger partial charge in [-0.25, -0.2) is 13.2 Å². The monoisotopic (exact) mass is 313 g/mol. The molecule has 7 heteroatoms. The Morgan fingerprint density at radius 2 is 1.50 bits per heavy atom. The quantitative estimate of drug-likeness (QED) is 0.345. The maximum absolute atomic E-state index is 14.4. The molecule has 1 aliphatic heterocycles. The molecule has 3 aliphatic rings. The molecule has 0 radical (unpaired) electrons. The minimum atomic E-state index is -1.81. The van der Waals surface area contributed by atoms with Crippen LogP contribution in [0, 0.1) is 23.4 Å². The first kappa shape index (κ1) is 13.7. The van der Waals surface area contributed by atoms with Crippen LogP contribution in [0.15, 0.2) is 0 Å². The number of carbonyl (C=O) groups is 2. The average molecular weight is 313 g/mol. The summed E-state index contributed by atoms with van der Waals surface area (Å²) in [5, 5.41) is -0.770. The second-order valence-corrected chi connectivity index (χ2v) is 6.39. The van der Waals surface area contributed by atoms with E-state index >= 15 is 0 Å². The average Bonchev–Trinajstić information content (AvgIpc) is 3.16. The largest absolute Gasteiger partial charge is 0.293 e. The minimum Gasteiger partial charge on any atom is -0.266 e. The topological polar surface area (TPSA) is 37.4 Å². The number of rotatable bonds is 1. The van der Waals surface area contributed by atoms with E-state index < -0.39 is 50.9 Å². The highest BCUT2D eigenvalue weighted by atomic mass is 19.2. The van der Waals surface area contributed by atoms with Gasteiger partial charge in [0.25, 0.3) is 11.8 Å². The van der Waals surface area contributed by atoms with E-state index in [0.29, 0.717) is 25.2 Å². The molecule has 2 fully saturated rings. The molecule has 0 aromatic heterocycles. The number of benzene rings is 1. The molecule has 1 aromatic carbocycles. The zero-order valence-electron chi connectivity index (χ0n) is 11.4. The molecule has 116 valence electrons. The Balaban J connectivity index is 2.07. The summed E-state index contributed by atoms with van der Waals surface area (Å²) in [6.45, 7) is 0. The highest BCUT2D eigenvalue weighted by Gasteiger charge is 2.53. The van der Waals surface area contributed by atoms with Gasteiger partial charge in [0.15, 0.2) is 17.5 Å². The Morgan fingerprint density at radius 1 is 0.909 bits per heavy atom. The number of hydrogen-bond acceptors (Lipinski definition) is 2. The Morgan fingerprint density at radius 3 is 2.05 bits per heavy atom. The minimum absolute atomic E-state index is 0.306. The van der Waals surface area contributed by atoms with Crippen molar-refractivity contribution in [2.24, 2.45) is 5.92 Å². The van der Waals surface area contributed by atoms with E-state index in [4.69, 9.17) is 0 Å². The molecule has 0 unspecified atom stereocenters. The van der Waals surface area contributed by atoms with Crippen molar-refractivity contribution in [3.63, 3.8) is 0 Å². The van der Waals surface area contributed by atoms with Gasteiger partial charge in [-0.2, -0.15) is 0 Å². The van der Waals surface area contributed by atoms with E-state index in [1.54, 1.807) is 0 Å². The predicted molar refractivity (Wildman–Crippen MR) is 66.2 cm³/mol. The lowest BCUT2D eigenvalue weighted by molar-refractivity contribution is 0.0227. The van der Waals surface area contributed by atoms with Gasteiger partial charge in [0, 0.05) is 5.56 Å². The van der Waals surface area contributed by atoms with Crippen LogP contribution in [0.4, 0.5) is 17.7 Å². The van der Waals surface area contributed by atoms with Crippen LogP contribution < -0.4 is 0 Å². The molecule has 2 bridgehead atoms. The zero-order chi connectivity index (χ0) is 15.8. The van der Waals surface area contributed by atoms with E-state index in [-0.39, 0.29) is 5.56 Å². The third kappa shape index (κ3) is 1.41. The number of halogens is 4. The van der Waals surface area contributed by atoms with Crippen molar-refractivity contribution >= 4 is 11.8 Å². The first-order valence-corrected chi connectivity index (χ1v) is 7.13. The van der Waals surface area contributed by atoms with Gasteiger partial charge in [-0.05, 0) is 43.4 Å². The third-order valence-electron chi connectivity index (χ3n) is 5.38. The summed E-state index contributed by atoms with van der Waals surface area (Å²) in [4.78, 5) is 23.6. The Labute approximate surface area is 122 Å². The Bertz CT molecular complexity index is 738. The van der Waals surface area contributed by atoms with E-state index in [0.717, 1.165) is 12.8 Å². The van der Waals surface area contributed by atoms with Gasteiger partial charge in [0.2, 0.25) is 0 Å². The molecule has 1 aromatic rings. The molecule has 4 rings (SSSR count). The highest BCUT2D eigenvalue weighted by Crippen LogP contribution is 2.57. The lowest BCUT2D eigenvalue weighted by atomic mass is 9.74. The number of imide groups is 1. The second kappa shape index (κ2) is 4.08. The number of carbonyl (C=O) groups excluding carboxylic acids is 2. The van der Waals surface area contributed by atoms with Crippen LogP contribution in [-0.2, 0) is 5.41 Å². The van der Waals surface area contributed by atoms with Crippen molar-refractivity contribution in [2.75, 3.05) is 0 Å². The van der Waals surface area contributed by atoms with Crippen molar-refractivity contribution in [2.45, 2.75) is 37.5 Å². The van der Waals surface area contributed by atoms with Gasteiger partial charge in [-0.1, -0.05) is 4.48 Å². The molecule has 2 aliphatic carbocycles. The molecule has 2 saturated carbocycles. The smallest absolute Gasteiger partial charge is 0.266 e. The second-order valence-electron chi connectivity index (χ2n) is 6.39. The van der Waals surface area contributed by atoms with Gasteiger partial charge in [0.05, 0.1) is 11.1 Å². The number of amides is 2. The van der Waals surface area contributed by atoms with Crippen molar-refractivity contribution < 1.29 is 27.2 Å². The normalized spacial score (nSPS) is 29.6. The van der Waals surface area contributed by atoms with Crippen molar-refractivity contribution in [1.29, 1.82) is 0 Å². The van der Waals surface area contributed by atoms with Crippen molar-refractivity contribution in [3.8, 4) is 0 Å². The van der Waals surface area contributed by atoms with Crippen molar-refractivity contribution in [3.05, 3.63) is 34.1 Å². The van der Waals surface area contributed by atoms with Crippen LogP contribution in [0.25, 0.3) is 0 Å². The van der Waals surface area contributed by atoms with Crippen LogP contribution in [0.3, 0.4) is 0 Å². The number of nitrogens with zero attached hydrogens (tertiary/aromatic N) is 1. The van der Waals surface area contributed by atoms with Crippen molar-refractivity contribution in [1.82, 2.24) is 5.12 Å². The Hall–Kier alpha value is -1.92. The maximum atomic E-state index is 14.4. The fourth-order valence-electron chi connectivity index (χ4n) is 4.40. The summed E-state index contributed by atoms with van der Waals surface area (Å²) < 4.78 is 55.8. The summed E-state index contributed by atoms with van der Waals surface area (Å²) in [5.41, 5.74) is -2.72. The standard InChI is InChI=1S/C15H11F4NO2/c16-10-8-7(13(21)20(19)14(8)22)9(11(17)12(10)18)15-3-1-6(5-15)2-4-15/h6H,1-5H2. The summed E-state index contributed by atoms with van der Waals surface area (Å²) in [6.07, 6.45) is 3.21. The van der Waals surface area contributed by atoms with Gasteiger partial charge in [0.1, 0.15) is 0 Å². The van der Waals surface area contributed by atoms with Gasteiger partial charge >= 0.3 is 0 Å². The van der Waals surface area contributed by atoms with E-state index in [1.165, 1.54) is 0 Å². The lowest BCUT2D eigenvalue weighted by Crippen LogP contribution is -2.27. The predicted octanol–water partition coefficient (Wildman–Crippen LogP) is 3.42. The van der Waals surface area contributed by atoms with Crippen LogP contribution in [-0.4, -0.2) is 16.9 Å². The number of fused-ring (bicyclic) bond motifs is 3. The van der Waals surface area contributed by atoms with Crippen LogP contribution >= 0.6 is 0 Å². The summed E-state index contributed by atoms with van der Waals surface area (Å²) in [6, 6.07) is 0. The van der Waals surface area contributed by atoms with E-state index in [9.17, 15) is 27.2 Å². The highest BCUT2D eigenvalue weighted by molar-refractivity contribution is 6.21. The molecular formula is C15H11F4NO2. The lowest BCUT2D eigenvalue weighted by Gasteiger charge is -2.29. The summed E-state index contributed by atoms with van der Waals surface area (Å²) in [7, 11) is 0. The first-order valence-electron chi connectivity index (χ1n) is 7.13. The Kier molecular flexibility index (Phi) is 2.55. The van der Waals surface area contributed by atoms with Crippen LogP contribution in [0.5, 0.6) is 0 Å². The third-order valence-corrected chi connectivity index (χ3v) is 5.38. The van der Waals surface area contributed by atoms with E-state index in [2.05, 4.69) is 0 Å². The van der Waals surface area contributed by atoms with Crippen LogP contribution in [0.2, 0.25) is 0 Å². The molecule has 0 spiro atoms. The first-order chi connectivity index (χ1) is 10.4.